The summed E-state index contributed by atoms with van der Waals surface area (Å²) >= 11 is 0. The summed E-state index contributed by atoms with van der Waals surface area (Å²) in [6.07, 6.45) is 3.20. The van der Waals surface area contributed by atoms with Crippen molar-refractivity contribution in [2.75, 3.05) is 5.32 Å². The lowest BCUT2D eigenvalue weighted by Gasteiger charge is -2.05. The van der Waals surface area contributed by atoms with Crippen molar-refractivity contribution in [3.8, 4) is 0 Å². The van der Waals surface area contributed by atoms with Crippen LogP contribution in [-0.2, 0) is 6.42 Å². The molecule has 2 N–H and O–H groups in total. The van der Waals surface area contributed by atoms with Crippen LogP contribution >= 0.6 is 0 Å². The molecule has 5 nitrogen and oxygen atoms in total. The summed E-state index contributed by atoms with van der Waals surface area (Å²) in [5.74, 6) is 0.782. The largest absolute Gasteiger partial charge is 0.342 e. The molecule has 1 amide bonds. The van der Waals surface area contributed by atoms with Crippen molar-refractivity contribution in [3.63, 3.8) is 0 Å². The number of carbonyl (C=O) groups is 1. The summed E-state index contributed by atoms with van der Waals surface area (Å²) < 4.78 is 0. The van der Waals surface area contributed by atoms with Gasteiger partial charge in [0.25, 0.3) is 5.91 Å². The van der Waals surface area contributed by atoms with E-state index >= 15 is 0 Å². The molecule has 23 heavy (non-hydrogen) atoms. The van der Waals surface area contributed by atoms with Crippen LogP contribution in [0, 0.1) is 6.92 Å². The van der Waals surface area contributed by atoms with Crippen molar-refractivity contribution >= 4 is 22.6 Å². The first-order chi connectivity index (χ1) is 11.2. The average Bonchev–Trinajstić information content (AvgIpc) is 2.95. The lowest BCUT2D eigenvalue weighted by atomic mass is 10.2. The molecule has 0 fully saturated rings. The Morgan fingerprint density at radius 1 is 1.22 bits per heavy atom. The second-order valence-corrected chi connectivity index (χ2v) is 5.64. The molecule has 0 aliphatic rings. The normalized spacial score (nSPS) is 10.9. The first-order valence-corrected chi connectivity index (χ1v) is 7.89. The highest BCUT2D eigenvalue weighted by molar-refractivity contribution is 6.03. The van der Waals surface area contributed by atoms with Crippen molar-refractivity contribution < 1.29 is 4.79 Å². The third-order valence-corrected chi connectivity index (χ3v) is 3.68. The fourth-order valence-corrected chi connectivity index (χ4v) is 2.47. The zero-order valence-electron chi connectivity index (χ0n) is 13.4. The van der Waals surface area contributed by atoms with Gasteiger partial charge in [-0.2, -0.15) is 0 Å². The third kappa shape index (κ3) is 3.56. The number of hydrogen-bond donors (Lipinski definition) is 2. The number of imidazole rings is 1. The first-order valence-electron chi connectivity index (χ1n) is 7.89. The number of amides is 1. The monoisotopic (exact) mass is 308 g/mol. The molecular weight excluding hydrogens is 288 g/mol. The van der Waals surface area contributed by atoms with Crippen molar-refractivity contribution in [1.29, 1.82) is 0 Å². The minimum atomic E-state index is -0.209. The van der Waals surface area contributed by atoms with Crippen molar-refractivity contribution in [1.82, 2.24) is 15.0 Å². The van der Waals surface area contributed by atoms with Gasteiger partial charge in [0.05, 0.1) is 11.0 Å². The molecule has 118 valence electrons. The average molecular weight is 308 g/mol. The van der Waals surface area contributed by atoms with Crippen LogP contribution in [0.25, 0.3) is 11.0 Å². The second-order valence-electron chi connectivity index (χ2n) is 5.64. The maximum atomic E-state index is 12.2. The minimum Gasteiger partial charge on any atom is -0.342 e. The molecule has 0 bridgehead atoms. The molecule has 3 aromatic rings. The number of hydrogen-bond acceptors (Lipinski definition) is 3. The molecular formula is C18H20N4O. The van der Waals surface area contributed by atoms with Crippen LogP contribution in [0.15, 0.2) is 36.4 Å². The number of anilines is 1. The predicted molar refractivity (Wildman–Crippen MR) is 91.6 cm³/mol. The van der Waals surface area contributed by atoms with Gasteiger partial charge in [0, 0.05) is 17.8 Å². The highest BCUT2D eigenvalue weighted by atomic mass is 16.1. The number of aromatic amines is 1. The number of pyridine rings is 1. The molecule has 0 spiro atoms. The fraction of sp³-hybridized carbons (Fsp3) is 0.278. The number of rotatable bonds is 5. The van der Waals surface area contributed by atoms with Gasteiger partial charge in [-0.1, -0.05) is 19.4 Å². The van der Waals surface area contributed by atoms with E-state index in [9.17, 15) is 4.79 Å². The van der Waals surface area contributed by atoms with E-state index in [2.05, 4.69) is 27.2 Å². The fourth-order valence-electron chi connectivity index (χ4n) is 2.47. The van der Waals surface area contributed by atoms with Crippen molar-refractivity contribution in [2.24, 2.45) is 0 Å². The molecule has 0 aliphatic heterocycles. The lowest BCUT2D eigenvalue weighted by Crippen LogP contribution is -2.13. The van der Waals surface area contributed by atoms with Gasteiger partial charge >= 0.3 is 0 Å². The number of carbonyl (C=O) groups excluding carboxylic acids is 1. The standard InChI is InChI=1S/C18H20N4O/c1-3-4-8-17-21-14-10-9-13(11-16(14)22-17)20-18(23)15-7-5-6-12(2)19-15/h5-7,9-11H,3-4,8H2,1-2H3,(H,20,23)(H,21,22). The van der Waals surface area contributed by atoms with Crippen molar-refractivity contribution in [2.45, 2.75) is 33.1 Å². The quantitative estimate of drug-likeness (QED) is 0.752. The van der Waals surface area contributed by atoms with Crippen molar-refractivity contribution in [3.05, 3.63) is 53.6 Å². The van der Waals surface area contributed by atoms with Gasteiger partial charge in [-0.25, -0.2) is 9.97 Å². The first kappa shape index (κ1) is 15.2. The van der Waals surface area contributed by atoms with E-state index in [0.717, 1.165) is 47.5 Å². The Labute approximate surface area is 135 Å². The maximum absolute atomic E-state index is 12.2. The van der Waals surface area contributed by atoms with E-state index in [1.54, 1.807) is 6.07 Å². The van der Waals surface area contributed by atoms with Crippen LogP contribution < -0.4 is 5.32 Å². The SMILES string of the molecule is CCCCc1nc2ccc(NC(=O)c3cccc(C)n3)cc2[nH]1. The second kappa shape index (κ2) is 6.60. The molecule has 0 radical (unpaired) electrons. The number of aryl methyl sites for hydroxylation is 2. The lowest BCUT2D eigenvalue weighted by molar-refractivity contribution is 0.102. The van der Waals surface area contributed by atoms with Crippen LogP contribution in [-0.4, -0.2) is 20.9 Å². The van der Waals surface area contributed by atoms with Gasteiger partial charge in [0.2, 0.25) is 0 Å². The maximum Gasteiger partial charge on any atom is 0.274 e. The summed E-state index contributed by atoms with van der Waals surface area (Å²) in [4.78, 5) is 24.4. The molecule has 3 rings (SSSR count). The molecule has 0 aliphatic carbocycles. The molecule has 2 aromatic heterocycles. The van der Waals surface area contributed by atoms with E-state index in [4.69, 9.17) is 0 Å². The zero-order chi connectivity index (χ0) is 16.2. The van der Waals surface area contributed by atoms with Gasteiger partial charge in [-0.05, 0) is 43.7 Å². The van der Waals surface area contributed by atoms with E-state index < -0.39 is 0 Å². The van der Waals surface area contributed by atoms with Crippen LogP contribution in [0.4, 0.5) is 5.69 Å². The van der Waals surface area contributed by atoms with Gasteiger partial charge in [-0.3, -0.25) is 4.79 Å². The highest BCUT2D eigenvalue weighted by Crippen LogP contribution is 2.18. The molecule has 1 aromatic carbocycles. The van der Waals surface area contributed by atoms with Gasteiger partial charge < -0.3 is 10.3 Å². The van der Waals surface area contributed by atoms with Crippen LogP contribution in [0.2, 0.25) is 0 Å². The summed E-state index contributed by atoms with van der Waals surface area (Å²) in [6.45, 7) is 4.03. The molecule has 5 heteroatoms. The van der Waals surface area contributed by atoms with E-state index in [0.29, 0.717) is 5.69 Å². The number of unbranched alkanes of at least 4 members (excludes halogenated alkanes) is 1. The summed E-state index contributed by atoms with van der Waals surface area (Å²) in [6, 6.07) is 11.1. The number of aromatic nitrogens is 3. The number of nitrogens with one attached hydrogen (secondary N) is 2. The van der Waals surface area contributed by atoms with Crippen LogP contribution in [0.5, 0.6) is 0 Å². The third-order valence-electron chi connectivity index (χ3n) is 3.68. The van der Waals surface area contributed by atoms with E-state index in [1.807, 2.05) is 37.3 Å². The van der Waals surface area contributed by atoms with E-state index in [1.165, 1.54) is 0 Å². The molecule has 0 saturated carbocycles. The Bertz CT molecular complexity index is 838. The summed E-state index contributed by atoms with van der Waals surface area (Å²) in [5, 5.41) is 2.88. The topological polar surface area (TPSA) is 70.7 Å². The minimum absolute atomic E-state index is 0.209. The number of benzene rings is 1. The van der Waals surface area contributed by atoms with Gasteiger partial charge in [-0.15, -0.1) is 0 Å². The summed E-state index contributed by atoms with van der Waals surface area (Å²) in [5.41, 5.74) is 3.82. The Morgan fingerprint density at radius 2 is 2.09 bits per heavy atom. The molecule has 0 unspecified atom stereocenters. The number of H-pyrrole nitrogens is 1. The van der Waals surface area contributed by atoms with Gasteiger partial charge in [0.1, 0.15) is 11.5 Å². The molecule has 2 heterocycles. The molecule has 0 atom stereocenters. The Morgan fingerprint density at radius 3 is 2.87 bits per heavy atom. The highest BCUT2D eigenvalue weighted by Gasteiger charge is 2.09. The van der Waals surface area contributed by atoms with Crippen LogP contribution in [0.3, 0.4) is 0 Å². The summed E-state index contributed by atoms with van der Waals surface area (Å²) in [7, 11) is 0. The van der Waals surface area contributed by atoms with Gasteiger partial charge in [0.15, 0.2) is 0 Å². The number of fused-ring (bicyclic) bond motifs is 1. The predicted octanol–water partition coefficient (Wildman–Crippen LogP) is 3.86. The van der Waals surface area contributed by atoms with Crippen LogP contribution in [0.1, 0.15) is 41.8 Å². The Hall–Kier alpha value is -2.69. The zero-order valence-corrected chi connectivity index (χ0v) is 13.4. The van der Waals surface area contributed by atoms with E-state index in [-0.39, 0.29) is 5.91 Å². The smallest absolute Gasteiger partial charge is 0.274 e. The Balaban J connectivity index is 1.78. The Kier molecular flexibility index (Phi) is 4.37. The number of nitrogens with zero attached hydrogens (tertiary/aromatic N) is 2. The molecule has 0 saturated heterocycles.